The Balaban J connectivity index is 1.97. The highest BCUT2D eigenvalue weighted by Crippen LogP contribution is 2.23. The lowest BCUT2D eigenvalue weighted by molar-refractivity contribution is 0.130. The number of pyridine rings is 1. The molecule has 1 aliphatic heterocycles. The minimum Gasteiger partial charge on any atom is -0.393 e. The largest absolute Gasteiger partial charge is 0.393 e. The lowest BCUT2D eigenvalue weighted by Crippen LogP contribution is -2.31. The van der Waals surface area contributed by atoms with Gasteiger partial charge in [-0.2, -0.15) is 0 Å². The summed E-state index contributed by atoms with van der Waals surface area (Å²) >= 11 is 0. The Morgan fingerprint density at radius 2 is 2.41 bits per heavy atom. The molecule has 1 aromatic rings. The second-order valence-electron chi connectivity index (χ2n) is 4.86. The molecule has 2 rings (SSSR count). The maximum Gasteiger partial charge on any atom is 0.141 e. The quantitative estimate of drug-likeness (QED) is 0.871. The molecule has 17 heavy (non-hydrogen) atoms. The van der Waals surface area contributed by atoms with Crippen LogP contribution >= 0.6 is 0 Å². The van der Waals surface area contributed by atoms with Gasteiger partial charge in [0.25, 0.3) is 0 Å². The van der Waals surface area contributed by atoms with E-state index < -0.39 is 0 Å². The Hall–Kier alpha value is -1.00. The molecule has 0 saturated carbocycles. The maximum atomic E-state index is 13.0. The topological polar surface area (TPSA) is 36.4 Å². The first-order chi connectivity index (χ1) is 8.15. The molecule has 94 valence electrons. The first-order valence-corrected chi connectivity index (χ1v) is 6.16. The summed E-state index contributed by atoms with van der Waals surface area (Å²) in [5, 5.41) is 9.44. The number of likely N-dealkylation sites (tertiary alicyclic amines) is 1. The van der Waals surface area contributed by atoms with Crippen LogP contribution in [-0.2, 0) is 6.54 Å². The van der Waals surface area contributed by atoms with E-state index in [1.807, 2.05) is 6.92 Å². The third-order valence-electron chi connectivity index (χ3n) is 3.26. The molecule has 0 aromatic carbocycles. The molecule has 3 nitrogen and oxygen atoms in total. The zero-order chi connectivity index (χ0) is 12.3. The van der Waals surface area contributed by atoms with Crippen molar-refractivity contribution in [1.29, 1.82) is 0 Å². The van der Waals surface area contributed by atoms with E-state index in [9.17, 15) is 9.50 Å². The number of rotatable bonds is 4. The molecule has 1 N–H and O–H groups in total. The number of hydrogen-bond donors (Lipinski definition) is 1. The fourth-order valence-electron chi connectivity index (χ4n) is 2.54. The molecule has 0 amide bonds. The molecule has 2 unspecified atom stereocenters. The van der Waals surface area contributed by atoms with E-state index in [0.717, 1.165) is 37.9 Å². The summed E-state index contributed by atoms with van der Waals surface area (Å²) in [5.74, 6) is -0.284. The number of aliphatic hydroxyl groups excluding tert-OH is 1. The molecular weight excluding hydrogens is 219 g/mol. The first-order valence-electron chi connectivity index (χ1n) is 6.16. The van der Waals surface area contributed by atoms with Crippen LogP contribution in [0.1, 0.15) is 31.7 Å². The van der Waals surface area contributed by atoms with E-state index in [1.165, 1.54) is 12.3 Å². The fourth-order valence-corrected chi connectivity index (χ4v) is 2.54. The molecule has 0 bridgehead atoms. The highest BCUT2D eigenvalue weighted by Gasteiger charge is 2.25. The summed E-state index contributed by atoms with van der Waals surface area (Å²) in [6.07, 6.45) is 5.73. The highest BCUT2D eigenvalue weighted by atomic mass is 19.1. The van der Waals surface area contributed by atoms with E-state index in [0.29, 0.717) is 6.04 Å². The molecule has 1 aromatic heterocycles. The predicted molar refractivity (Wildman–Crippen MR) is 63.9 cm³/mol. The van der Waals surface area contributed by atoms with E-state index >= 15 is 0 Å². The van der Waals surface area contributed by atoms with E-state index in [-0.39, 0.29) is 11.9 Å². The second kappa shape index (κ2) is 5.56. The Kier molecular flexibility index (Phi) is 4.07. The zero-order valence-corrected chi connectivity index (χ0v) is 10.1. The molecular formula is C13H19FN2O. The van der Waals surface area contributed by atoms with Gasteiger partial charge in [-0.3, -0.25) is 9.88 Å². The van der Waals surface area contributed by atoms with Crippen LogP contribution in [-0.4, -0.2) is 33.7 Å². The number of nitrogens with zero attached hydrogens (tertiary/aromatic N) is 2. The van der Waals surface area contributed by atoms with Crippen LogP contribution in [0.4, 0.5) is 4.39 Å². The lowest BCUT2D eigenvalue weighted by Gasteiger charge is -2.25. The summed E-state index contributed by atoms with van der Waals surface area (Å²) in [7, 11) is 0. The summed E-state index contributed by atoms with van der Waals surface area (Å²) in [5.41, 5.74) is 0.905. The summed E-state index contributed by atoms with van der Waals surface area (Å²) < 4.78 is 13.0. The van der Waals surface area contributed by atoms with Crippen molar-refractivity contribution in [3.63, 3.8) is 0 Å². The molecule has 1 saturated heterocycles. The van der Waals surface area contributed by atoms with Crippen molar-refractivity contribution in [3.05, 3.63) is 29.8 Å². The molecule has 2 heterocycles. The summed E-state index contributed by atoms with van der Waals surface area (Å²) in [6, 6.07) is 1.95. The van der Waals surface area contributed by atoms with Crippen molar-refractivity contribution in [3.8, 4) is 0 Å². The van der Waals surface area contributed by atoms with Gasteiger partial charge in [0.15, 0.2) is 0 Å². The van der Waals surface area contributed by atoms with Gasteiger partial charge in [-0.25, -0.2) is 4.39 Å². The van der Waals surface area contributed by atoms with E-state index in [1.54, 1.807) is 6.20 Å². The van der Waals surface area contributed by atoms with Gasteiger partial charge in [-0.05, 0) is 44.4 Å². The lowest BCUT2D eigenvalue weighted by atomic mass is 10.1. The van der Waals surface area contributed by atoms with Gasteiger partial charge >= 0.3 is 0 Å². The third-order valence-corrected chi connectivity index (χ3v) is 3.26. The standard InChI is InChI=1S/C13H19FN2O/c1-10(17)5-13-3-2-4-16(13)9-11-6-12(14)8-15-7-11/h6-8,10,13,17H,2-5,9H2,1H3. The van der Waals surface area contributed by atoms with Crippen LogP contribution < -0.4 is 0 Å². The molecule has 0 radical (unpaired) electrons. The number of hydrogen-bond acceptors (Lipinski definition) is 3. The van der Waals surface area contributed by atoms with Gasteiger partial charge in [0.05, 0.1) is 12.3 Å². The van der Waals surface area contributed by atoms with E-state index in [2.05, 4.69) is 9.88 Å². The highest BCUT2D eigenvalue weighted by molar-refractivity contribution is 5.10. The average molecular weight is 238 g/mol. The Labute approximate surface area is 101 Å². The summed E-state index contributed by atoms with van der Waals surface area (Å²) in [6.45, 7) is 3.57. The van der Waals surface area contributed by atoms with Crippen LogP contribution in [0.3, 0.4) is 0 Å². The first kappa shape index (κ1) is 12.5. The predicted octanol–water partition coefficient (Wildman–Crippen LogP) is 1.96. The molecule has 0 spiro atoms. The number of aromatic nitrogens is 1. The Morgan fingerprint density at radius 1 is 1.59 bits per heavy atom. The molecule has 2 atom stereocenters. The third kappa shape index (κ3) is 3.48. The van der Waals surface area contributed by atoms with Gasteiger partial charge in [0, 0.05) is 18.8 Å². The normalized spacial score (nSPS) is 22.9. The van der Waals surface area contributed by atoms with Crippen molar-refractivity contribution in [2.24, 2.45) is 0 Å². The minimum absolute atomic E-state index is 0.272. The van der Waals surface area contributed by atoms with Gasteiger partial charge in [-0.1, -0.05) is 0 Å². The zero-order valence-electron chi connectivity index (χ0n) is 10.1. The van der Waals surface area contributed by atoms with Crippen molar-refractivity contribution < 1.29 is 9.50 Å². The summed E-state index contributed by atoms with van der Waals surface area (Å²) in [4.78, 5) is 6.17. The van der Waals surface area contributed by atoms with Gasteiger partial charge in [0.1, 0.15) is 5.82 Å². The van der Waals surface area contributed by atoms with Crippen LogP contribution in [0.2, 0.25) is 0 Å². The molecule has 0 aliphatic carbocycles. The van der Waals surface area contributed by atoms with Gasteiger partial charge in [-0.15, -0.1) is 0 Å². The van der Waals surface area contributed by atoms with Crippen LogP contribution in [0.25, 0.3) is 0 Å². The van der Waals surface area contributed by atoms with E-state index in [4.69, 9.17) is 0 Å². The van der Waals surface area contributed by atoms with Crippen molar-refractivity contribution in [2.45, 2.75) is 44.9 Å². The smallest absolute Gasteiger partial charge is 0.141 e. The number of aliphatic hydroxyl groups is 1. The molecule has 1 fully saturated rings. The van der Waals surface area contributed by atoms with Crippen molar-refractivity contribution >= 4 is 0 Å². The van der Waals surface area contributed by atoms with Gasteiger partial charge in [0.2, 0.25) is 0 Å². The monoisotopic (exact) mass is 238 g/mol. The maximum absolute atomic E-state index is 13.0. The van der Waals surface area contributed by atoms with Gasteiger partial charge < -0.3 is 5.11 Å². The SMILES string of the molecule is CC(O)CC1CCCN1Cc1cncc(F)c1. The second-order valence-corrected chi connectivity index (χ2v) is 4.86. The van der Waals surface area contributed by atoms with Crippen LogP contribution in [0.5, 0.6) is 0 Å². The van der Waals surface area contributed by atoms with Crippen LogP contribution in [0.15, 0.2) is 18.5 Å². The van der Waals surface area contributed by atoms with Crippen LogP contribution in [0, 0.1) is 5.82 Å². The average Bonchev–Trinajstić information content (AvgIpc) is 2.65. The Morgan fingerprint density at radius 3 is 3.12 bits per heavy atom. The van der Waals surface area contributed by atoms with Crippen molar-refractivity contribution in [2.75, 3.05) is 6.54 Å². The number of halogens is 1. The fraction of sp³-hybridized carbons (Fsp3) is 0.615. The molecule has 4 heteroatoms. The minimum atomic E-state index is -0.284. The molecule has 1 aliphatic rings. The van der Waals surface area contributed by atoms with Crippen molar-refractivity contribution in [1.82, 2.24) is 9.88 Å². The Bertz CT molecular complexity index is 370.